The first-order valence-corrected chi connectivity index (χ1v) is 10.3. The molecule has 1 fully saturated rings. The van der Waals surface area contributed by atoms with Crippen LogP contribution in [0.15, 0.2) is 23.7 Å². The topological polar surface area (TPSA) is 55.2 Å². The Balaban J connectivity index is 1.71. The summed E-state index contributed by atoms with van der Waals surface area (Å²) in [5.41, 5.74) is 2.31. The molecule has 5 nitrogen and oxygen atoms in total. The highest BCUT2D eigenvalue weighted by Gasteiger charge is 2.28. The third-order valence-corrected chi connectivity index (χ3v) is 5.92. The van der Waals surface area contributed by atoms with Crippen LogP contribution in [0.25, 0.3) is 0 Å². The van der Waals surface area contributed by atoms with Gasteiger partial charge in [-0.15, -0.1) is 11.3 Å². The number of hydrogen-bond donors (Lipinski definition) is 0. The molecule has 0 amide bonds. The average molecular weight is 339 g/mol. The predicted molar refractivity (Wildman–Crippen MR) is 88.5 cm³/mol. The maximum absolute atomic E-state index is 11.4. The second kappa shape index (κ2) is 6.14. The van der Waals surface area contributed by atoms with E-state index in [0.29, 0.717) is 11.0 Å². The monoisotopic (exact) mass is 339 g/mol. The first kappa shape index (κ1) is 15.7. The van der Waals surface area contributed by atoms with Gasteiger partial charge >= 0.3 is 0 Å². The SMILES string of the molecule is Cn1cccc1[C@@H]1CCCN1Cc1csc(CS(C)(=O)=O)n1. The number of nitrogens with zero attached hydrogens (tertiary/aromatic N) is 3. The van der Waals surface area contributed by atoms with E-state index < -0.39 is 9.84 Å². The molecule has 120 valence electrons. The van der Waals surface area contributed by atoms with E-state index in [9.17, 15) is 8.42 Å². The lowest BCUT2D eigenvalue weighted by atomic mass is 10.1. The fourth-order valence-electron chi connectivity index (χ4n) is 3.09. The van der Waals surface area contributed by atoms with Gasteiger partial charge in [0.15, 0.2) is 9.84 Å². The summed E-state index contributed by atoms with van der Waals surface area (Å²) in [4.78, 5) is 6.93. The minimum Gasteiger partial charge on any atom is -0.353 e. The lowest BCUT2D eigenvalue weighted by molar-refractivity contribution is 0.238. The van der Waals surface area contributed by atoms with Crippen LogP contribution in [0.2, 0.25) is 0 Å². The van der Waals surface area contributed by atoms with Crippen LogP contribution in [-0.2, 0) is 29.2 Å². The fourth-order valence-corrected chi connectivity index (χ4v) is 5.09. The zero-order chi connectivity index (χ0) is 15.7. The zero-order valence-corrected chi connectivity index (χ0v) is 14.5. The molecule has 0 spiro atoms. The van der Waals surface area contributed by atoms with E-state index in [-0.39, 0.29) is 5.75 Å². The van der Waals surface area contributed by atoms with E-state index >= 15 is 0 Å². The molecule has 0 bridgehead atoms. The van der Waals surface area contributed by atoms with Crippen LogP contribution in [0, 0.1) is 0 Å². The number of rotatable bonds is 5. The Labute approximate surface area is 135 Å². The summed E-state index contributed by atoms with van der Waals surface area (Å²) in [5.74, 6) is 0.0406. The molecule has 0 aliphatic carbocycles. The van der Waals surface area contributed by atoms with E-state index in [1.54, 1.807) is 0 Å². The Bertz CT molecular complexity index is 748. The maximum Gasteiger partial charge on any atom is 0.153 e. The third kappa shape index (κ3) is 3.59. The Morgan fingerprint density at radius 3 is 2.95 bits per heavy atom. The smallest absolute Gasteiger partial charge is 0.153 e. The van der Waals surface area contributed by atoms with Crippen molar-refractivity contribution >= 4 is 21.2 Å². The number of thiazole rings is 1. The normalized spacial score (nSPS) is 19.8. The van der Waals surface area contributed by atoms with Crippen molar-refractivity contribution in [2.24, 2.45) is 7.05 Å². The van der Waals surface area contributed by atoms with Crippen LogP contribution < -0.4 is 0 Å². The third-order valence-electron chi connectivity index (χ3n) is 4.04. The summed E-state index contributed by atoms with van der Waals surface area (Å²) in [6.07, 6.45) is 5.69. The van der Waals surface area contributed by atoms with Gasteiger partial charge in [0, 0.05) is 37.1 Å². The van der Waals surface area contributed by atoms with Crippen molar-refractivity contribution in [3.05, 3.63) is 40.1 Å². The van der Waals surface area contributed by atoms with Gasteiger partial charge in [-0.25, -0.2) is 13.4 Å². The fraction of sp³-hybridized carbons (Fsp3) is 0.533. The average Bonchev–Trinajstić information content (AvgIpc) is 3.10. The van der Waals surface area contributed by atoms with Crippen LogP contribution in [0.4, 0.5) is 0 Å². The van der Waals surface area contributed by atoms with Crippen molar-refractivity contribution in [3.63, 3.8) is 0 Å². The number of likely N-dealkylation sites (tertiary alicyclic amines) is 1. The molecule has 7 heteroatoms. The van der Waals surface area contributed by atoms with Crippen LogP contribution in [0.5, 0.6) is 0 Å². The highest BCUT2D eigenvalue weighted by atomic mass is 32.2. The Morgan fingerprint density at radius 2 is 2.27 bits per heavy atom. The van der Waals surface area contributed by atoms with Gasteiger partial charge in [0.05, 0.1) is 11.7 Å². The molecule has 1 atom stereocenters. The number of sulfone groups is 1. The predicted octanol–water partition coefficient (Wildman–Crippen LogP) is 2.36. The second-order valence-corrected chi connectivity index (χ2v) is 9.06. The summed E-state index contributed by atoms with van der Waals surface area (Å²) in [6, 6.07) is 4.69. The van der Waals surface area contributed by atoms with Crippen molar-refractivity contribution in [2.45, 2.75) is 31.2 Å². The summed E-state index contributed by atoms with van der Waals surface area (Å²) in [7, 11) is -0.930. The first-order chi connectivity index (χ1) is 10.4. The molecule has 0 N–H and O–H groups in total. The van der Waals surface area contributed by atoms with Gasteiger partial charge in [-0.05, 0) is 31.5 Å². The van der Waals surface area contributed by atoms with Gasteiger partial charge in [0.2, 0.25) is 0 Å². The summed E-state index contributed by atoms with van der Waals surface area (Å²) in [5, 5.41) is 2.67. The molecule has 3 rings (SSSR count). The summed E-state index contributed by atoms with van der Waals surface area (Å²) in [6.45, 7) is 1.85. The van der Waals surface area contributed by atoms with E-state index in [1.807, 2.05) is 5.38 Å². The van der Waals surface area contributed by atoms with Crippen molar-refractivity contribution in [3.8, 4) is 0 Å². The lowest BCUT2D eigenvalue weighted by Crippen LogP contribution is -2.24. The van der Waals surface area contributed by atoms with Crippen LogP contribution >= 0.6 is 11.3 Å². The molecule has 2 aromatic heterocycles. The van der Waals surface area contributed by atoms with Gasteiger partial charge in [-0.3, -0.25) is 4.90 Å². The maximum atomic E-state index is 11.4. The molecular weight excluding hydrogens is 318 g/mol. The van der Waals surface area contributed by atoms with E-state index in [1.165, 1.54) is 29.7 Å². The quantitative estimate of drug-likeness (QED) is 0.839. The van der Waals surface area contributed by atoms with E-state index in [4.69, 9.17) is 0 Å². The number of aryl methyl sites for hydroxylation is 1. The molecule has 0 radical (unpaired) electrons. The van der Waals surface area contributed by atoms with Gasteiger partial charge in [0.25, 0.3) is 0 Å². The van der Waals surface area contributed by atoms with Crippen LogP contribution in [-0.4, -0.2) is 35.7 Å². The van der Waals surface area contributed by atoms with Crippen molar-refractivity contribution in [1.29, 1.82) is 0 Å². The number of aromatic nitrogens is 2. The minimum absolute atomic E-state index is 0.0406. The van der Waals surface area contributed by atoms with Crippen LogP contribution in [0.1, 0.15) is 35.3 Å². The molecule has 0 unspecified atom stereocenters. The molecule has 0 aromatic carbocycles. The Kier molecular flexibility index (Phi) is 4.38. The lowest BCUT2D eigenvalue weighted by Gasteiger charge is -2.24. The second-order valence-electron chi connectivity index (χ2n) is 5.98. The number of hydrogen-bond acceptors (Lipinski definition) is 5. The van der Waals surface area contributed by atoms with Gasteiger partial charge < -0.3 is 4.57 Å². The minimum atomic E-state index is -3.01. The molecule has 3 heterocycles. The summed E-state index contributed by atoms with van der Waals surface area (Å²) < 4.78 is 24.9. The zero-order valence-electron chi connectivity index (χ0n) is 12.9. The molecule has 22 heavy (non-hydrogen) atoms. The van der Waals surface area contributed by atoms with Gasteiger partial charge in [-0.1, -0.05) is 0 Å². The molecule has 1 aliphatic rings. The van der Waals surface area contributed by atoms with Crippen molar-refractivity contribution < 1.29 is 8.42 Å². The Morgan fingerprint density at radius 1 is 1.45 bits per heavy atom. The first-order valence-electron chi connectivity index (χ1n) is 7.39. The summed E-state index contributed by atoms with van der Waals surface area (Å²) >= 11 is 1.44. The largest absolute Gasteiger partial charge is 0.353 e. The van der Waals surface area contributed by atoms with Crippen molar-refractivity contribution in [2.75, 3.05) is 12.8 Å². The van der Waals surface area contributed by atoms with Crippen molar-refractivity contribution in [1.82, 2.24) is 14.5 Å². The molecule has 2 aromatic rings. The Hall–Kier alpha value is -1.18. The molecular formula is C15H21N3O2S2. The van der Waals surface area contributed by atoms with E-state index in [0.717, 1.165) is 25.2 Å². The highest BCUT2D eigenvalue weighted by Crippen LogP contribution is 2.33. The van der Waals surface area contributed by atoms with E-state index in [2.05, 4.69) is 39.8 Å². The van der Waals surface area contributed by atoms with Gasteiger partial charge in [0.1, 0.15) is 10.8 Å². The molecule has 1 aliphatic heterocycles. The molecule has 1 saturated heterocycles. The van der Waals surface area contributed by atoms with Crippen LogP contribution in [0.3, 0.4) is 0 Å². The standard InChI is InChI=1S/C15H21N3O2S2/c1-17-7-3-5-13(17)14-6-4-8-18(14)9-12-10-21-15(16-12)11-22(2,19)20/h3,5,7,10,14H,4,6,8-9,11H2,1-2H3/t14-/m0/s1. The van der Waals surface area contributed by atoms with Gasteiger partial charge in [-0.2, -0.15) is 0 Å². The molecule has 0 saturated carbocycles. The highest BCUT2D eigenvalue weighted by molar-refractivity contribution is 7.90.